The first-order chi connectivity index (χ1) is 7.96. The van der Waals surface area contributed by atoms with Gasteiger partial charge in [0.2, 0.25) is 0 Å². The number of aliphatic hydroxyl groups excluding tert-OH is 1. The molecule has 0 unspecified atom stereocenters. The van der Waals surface area contributed by atoms with E-state index < -0.39 is 14.4 Å². The highest BCUT2D eigenvalue weighted by atomic mass is 28.4. The molecule has 0 aliphatic heterocycles. The topological polar surface area (TPSA) is 29.5 Å². The van der Waals surface area contributed by atoms with E-state index in [9.17, 15) is 5.11 Å². The van der Waals surface area contributed by atoms with E-state index in [1.165, 1.54) is 0 Å². The molecule has 1 N–H and O–H groups in total. The van der Waals surface area contributed by atoms with Gasteiger partial charge >= 0.3 is 0 Å². The summed E-state index contributed by atoms with van der Waals surface area (Å²) < 4.78 is 6.17. The average Bonchev–Trinajstić information content (AvgIpc) is 2.38. The molecule has 2 nitrogen and oxygen atoms in total. The van der Waals surface area contributed by atoms with Gasteiger partial charge in [0.05, 0.1) is 6.10 Å². The fraction of sp³-hybridized carbons (Fsp3) is 0.857. The van der Waals surface area contributed by atoms with Gasteiger partial charge in [0, 0.05) is 18.4 Å². The first-order valence-corrected chi connectivity index (χ1v) is 9.27. The standard InChI is InChI=1S/C14H28O2Si/c1-7-12(5)14(15)13(6)11-16-17(8-2,9-3)10-4/h1,12-15H,8-11H2,2-6H3/t12-,13-,14-/m0/s1. The van der Waals surface area contributed by atoms with Crippen molar-refractivity contribution in [3.05, 3.63) is 0 Å². The van der Waals surface area contributed by atoms with Gasteiger partial charge in [0.25, 0.3) is 0 Å². The molecule has 0 aliphatic carbocycles. The highest BCUT2D eigenvalue weighted by molar-refractivity contribution is 6.73. The predicted molar refractivity (Wildman–Crippen MR) is 76.3 cm³/mol. The summed E-state index contributed by atoms with van der Waals surface area (Å²) in [6, 6.07) is 3.44. The van der Waals surface area contributed by atoms with Crippen LogP contribution in [0, 0.1) is 24.2 Å². The Kier molecular flexibility index (Phi) is 7.77. The minimum absolute atomic E-state index is 0.102. The van der Waals surface area contributed by atoms with Gasteiger partial charge in [-0.25, -0.2) is 0 Å². The highest BCUT2D eigenvalue weighted by Crippen LogP contribution is 2.23. The van der Waals surface area contributed by atoms with E-state index in [1.807, 2.05) is 13.8 Å². The van der Waals surface area contributed by atoms with Gasteiger partial charge in [-0.1, -0.05) is 27.7 Å². The van der Waals surface area contributed by atoms with E-state index in [-0.39, 0.29) is 11.8 Å². The third kappa shape index (κ3) is 4.83. The van der Waals surface area contributed by atoms with Crippen LogP contribution in [0.2, 0.25) is 18.1 Å². The highest BCUT2D eigenvalue weighted by Gasteiger charge is 2.30. The summed E-state index contributed by atoms with van der Waals surface area (Å²) in [4.78, 5) is 0. The summed E-state index contributed by atoms with van der Waals surface area (Å²) in [7, 11) is -1.53. The third-order valence-electron chi connectivity index (χ3n) is 3.94. The number of aliphatic hydroxyl groups is 1. The molecule has 0 saturated carbocycles. The molecule has 0 spiro atoms. The van der Waals surface area contributed by atoms with E-state index in [2.05, 4.69) is 26.7 Å². The van der Waals surface area contributed by atoms with E-state index >= 15 is 0 Å². The number of hydrogen-bond acceptors (Lipinski definition) is 2. The molecule has 0 bridgehead atoms. The number of rotatable bonds is 8. The van der Waals surface area contributed by atoms with E-state index in [1.54, 1.807) is 0 Å². The van der Waals surface area contributed by atoms with E-state index in [4.69, 9.17) is 10.8 Å². The summed E-state index contributed by atoms with van der Waals surface area (Å²) in [5.41, 5.74) is 0. The Labute approximate surface area is 108 Å². The first-order valence-electron chi connectivity index (χ1n) is 6.74. The minimum atomic E-state index is -1.53. The van der Waals surface area contributed by atoms with Crippen LogP contribution in [0.25, 0.3) is 0 Å². The van der Waals surface area contributed by atoms with Crippen molar-refractivity contribution in [2.75, 3.05) is 6.61 Å². The smallest absolute Gasteiger partial charge is 0.191 e. The van der Waals surface area contributed by atoms with Crippen molar-refractivity contribution in [1.29, 1.82) is 0 Å². The zero-order valence-electron chi connectivity index (χ0n) is 12.0. The molecule has 0 aliphatic rings. The van der Waals surface area contributed by atoms with Crippen LogP contribution in [0.4, 0.5) is 0 Å². The molecule has 0 fully saturated rings. The van der Waals surface area contributed by atoms with Gasteiger partial charge in [-0.3, -0.25) is 0 Å². The maximum absolute atomic E-state index is 9.99. The molecule has 0 aromatic carbocycles. The van der Waals surface area contributed by atoms with Crippen LogP contribution in [0.1, 0.15) is 34.6 Å². The summed E-state index contributed by atoms with van der Waals surface area (Å²) in [5.74, 6) is 2.60. The number of hydrogen-bond donors (Lipinski definition) is 1. The summed E-state index contributed by atoms with van der Waals surface area (Å²) in [5, 5.41) is 9.99. The molecule has 3 atom stereocenters. The lowest BCUT2D eigenvalue weighted by atomic mass is 9.95. The van der Waals surface area contributed by atoms with Crippen LogP contribution in [0.3, 0.4) is 0 Å². The maximum atomic E-state index is 9.99. The quantitative estimate of drug-likeness (QED) is 0.533. The van der Waals surface area contributed by atoms with E-state index in [0.717, 1.165) is 18.1 Å². The molecule has 100 valence electrons. The third-order valence-corrected chi connectivity index (χ3v) is 8.59. The zero-order chi connectivity index (χ0) is 13.5. The van der Waals surface area contributed by atoms with Crippen LogP contribution in [-0.4, -0.2) is 26.1 Å². The Morgan fingerprint density at radius 1 is 1.18 bits per heavy atom. The molecular weight excluding hydrogens is 228 g/mol. The fourth-order valence-electron chi connectivity index (χ4n) is 2.05. The SMILES string of the molecule is C#C[C@H](C)[C@H](O)[C@@H](C)CO[Si](CC)(CC)CC. The van der Waals surface area contributed by atoms with Crippen molar-refractivity contribution in [3.8, 4) is 12.3 Å². The Bertz CT molecular complexity index is 235. The molecule has 0 rings (SSSR count). The second-order valence-corrected chi connectivity index (χ2v) is 9.75. The van der Waals surface area contributed by atoms with Gasteiger partial charge in [-0.2, -0.15) is 0 Å². The van der Waals surface area contributed by atoms with Gasteiger partial charge < -0.3 is 9.53 Å². The van der Waals surface area contributed by atoms with Gasteiger partial charge in [-0.15, -0.1) is 12.3 Å². The molecule has 0 amide bonds. The molecule has 0 saturated heterocycles. The molecular formula is C14H28O2Si. The molecule has 0 aromatic rings. The van der Waals surface area contributed by atoms with E-state index in [0.29, 0.717) is 6.61 Å². The Balaban J connectivity index is 4.31. The van der Waals surface area contributed by atoms with Gasteiger partial charge in [-0.05, 0) is 25.1 Å². The van der Waals surface area contributed by atoms with Crippen molar-refractivity contribution >= 4 is 8.32 Å². The Morgan fingerprint density at radius 2 is 1.65 bits per heavy atom. The lowest BCUT2D eigenvalue weighted by Crippen LogP contribution is -2.39. The largest absolute Gasteiger partial charge is 0.416 e. The second-order valence-electron chi connectivity index (χ2n) is 4.98. The maximum Gasteiger partial charge on any atom is 0.191 e. The van der Waals surface area contributed by atoms with Gasteiger partial charge in [0.1, 0.15) is 0 Å². The lowest BCUT2D eigenvalue weighted by molar-refractivity contribution is 0.0573. The van der Waals surface area contributed by atoms with Crippen LogP contribution < -0.4 is 0 Å². The predicted octanol–water partition coefficient (Wildman–Crippen LogP) is 3.27. The summed E-state index contributed by atoms with van der Waals surface area (Å²) in [6.45, 7) is 11.2. The first kappa shape index (κ1) is 16.7. The van der Waals surface area contributed by atoms with Crippen molar-refractivity contribution in [1.82, 2.24) is 0 Å². The van der Waals surface area contributed by atoms with Gasteiger partial charge in [0.15, 0.2) is 8.32 Å². The molecule has 0 aromatic heterocycles. The summed E-state index contributed by atoms with van der Waals surface area (Å²) in [6.07, 6.45) is 4.87. The van der Waals surface area contributed by atoms with Crippen molar-refractivity contribution < 1.29 is 9.53 Å². The van der Waals surface area contributed by atoms with Crippen LogP contribution in [0.5, 0.6) is 0 Å². The van der Waals surface area contributed by atoms with Crippen LogP contribution in [0.15, 0.2) is 0 Å². The zero-order valence-corrected chi connectivity index (χ0v) is 13.0. The molecule has 0 heterocycles. The summed E-state index contributed by atoms with van der Waals surface area (Å²) >= 11 is 0. The Hall–Kier alpha value is -0.303. The van der Waals surface area contributed by atoms with Crippen molar-refractivity contribution in [2.45, 2.75) is 58.9 Å². The average molecular weight is 256 g/mol. The van der Waals surface area contributed by atoms with Crippen molar-refractivity contribution in [3.63, 3.8) is 0 Å². The minimum Gasteiger partial charge on any atom is -0.416 e. The normalized spacial score (nSPS) is 17.2. The van der Waals surface area contributed by atoms with Crippen LogP contribution in [-0.2, 0) is 4.43 Å². The molecule has 3 heteroatoms. The van der Waals surface area contributed by atoms with Crippen LogP contribution >= 0.6 is 0 Å². The van der Waals surface area contributed by atoms with Crippen molar-refractivity contribution in [2.24, 2.45) is 11.8 Å². The Morgan fingerprint density at radius 3 is 2.00 bits per heavy atom. The lowest BCUT2D eigenvalue weighted by Gasteiger charge is -2.31. The molecule has 17 heavy (non-hydrogen) atoms. The second kappa shape index (κ2) is 7.92. The fourth-order valence-corrected chi connectivity index (χ4v) is 4.78. The number of terminal acetylenes is 1. The monoisotopic (exact) mass is 256 g/mol. The molecule has 0 radical (unpaired) electrons.